The van der Waals surface area contributed by atoms with Crippen LogP contribution in [0.1, 0.15) is 22.4 Å². The predicted octanol–water partition coefficient (Wildman–Crippen LogP) is 2.46. The van der Waals surface area contributed by atoms with E-state index in [0.29, 0.717) is 6.04 Å². The average Bonchev–Trinajstić information content (AvgIpc) is 2.46. The van der Waals surface area contributed by atoms with Gasteiger partial charge in [0.25, 0.3) is 0 Å². The maximum Gasteiger partial charge on any atom is 0.0294 e. The zero-order valence-corrected chi connectivity index (χ0v) is 9.25. The minimum absolute atomic E-state index is 0.393. The molecule has 0 radical (unpaired) electrons. The zero-order chi connectivity index (χ0) is 8.55. The SMILES string of the molecule is NC1CCc2scc(CBr)c2C1. The summed E-state index contributed by atoms with van der Waals surface area (Å²) in [5, 5.41) is 3.24. The number of rotatable bonds is 1. The Bertz CT molecular complexity index is 269. The molecule has 1 aliphatic rings. The Hall–Kier alpha value is 0.140. The summed E-state index contributed by atoms with van der Waals surface area (Å²) in [4.78, 5) is 1.56. The highest BCUT2D eigenvalue weighted by molar-refractivity contribution is 9.08. The van der Waals surface area contributed by atoms with Crippen LogP contribution in [0.2, 0.25) is 0 Å². The molecule has 1 aliphatic carbocycles. The van der Waals surface area contributed by atoms with E-state index in [1.807, 2.05) is 11.3 Å². The van der Waals surface area contributed by atoms with Gasteiger partial charge in [-0.1, -0.05) is 15.9 Å². The lowest BCUT2D eigenvalue weighted by Gasteiger charge is -2.18. The Morgan fingerprint density at radius 2 is 2.50 bits per heavy atom. The van der Waals surface area contributed by atoms with E-state index in [4.69, 9.17) is 5.73 Å². The van der Waals surface area contributed by atoms with Gasteiger partial charge < -0.3 is 5.73 Å². The van der Waals surface area contributed by atoms with Gasteiger partial charge in [0.1, 0.15) is 0 Å². The van der Waals surface area contributed by atoms with Gasteiger partial charge in [-0.2, -0.15) is 0 Å². The molecule has 1 unspecified atom stereocenters. The fourth-order valence-corrected chi connectivity index (χ4v) is 3.53. The molecule has 0 amide bonds. The van der Waals surface area contributed by atoms with Gasteiger partial charge in [0, 0.05) is 16.2 Å². The normalized spacial score (nSPS) is 22.3. The van der Waals surface area contributed by atoms with Crippen LogP contribution in [0.5, 0.6) is 0 Å². The van der Waals surface area contributed by atoms with Crippen LogP contribution in [0.15, 0.2) is 5.38 Å². The van der Waals surface area contributed by atoms with Gasteiger partial charge in [-0.25, -0.2) is 0 Å². The largest absolute Gasteiger partial charge is 0.327 e. The van der Waals surface area contributed by atoms with Crippen molar-refractivity contribution in [2.75, 3.05) is 0 Å². The molecule has 0 bridgehead atoms. The van der Waals surface area contributed by atoms with Gasteiger partial charge in [0.2, 0.25) is 0 Å². The summed E-state index contributed by atoms with van der Waals surface area (Å²) in [7, 11) is 0. The molecule has 0 saturated carbocycles. The number of hydrogen-bond donors (Lipinski definition) is 1. The van der Waals surface area contributed by atoms with E-state index < -0.39 is 0 Å². The topological polar surface area (TPSA) is 26.0 Å². The third-order valence-corrected chi connectivity index (χ3v) is 4.16. The molecule has 1 aromatic rings. The first kappa shape index (κ1) is 8.73. The molecular formula is C9H12BrNS. The summed E-state index contributed by atoms with van der Waals surface area (Å²) < 4.78 is 0. The maximum atomic E-state index is 5.92. The highest BCUT2D eigenvalue weighted by Gasteiger charge is 2.19. The van der Waals surface area contributed by atoms with Gasteiger partial charge in [0.05, 0.1) is 0 Å². The second-order valence-corrected chi connectivity index (χ2v) is 4.82. The third-order valence-electron chi connectivity index (χ3n) is 2.42. The summed E-state index contributed by atoms with van der Waals surface area (Å²) in [6.45, 7) is 0. The highest BCUT2D eigenvalue weighted by atomic mass is 79.9. The Balaban J connectivity index is 2.34. The maximum absolute atomic E-state index is 5.92. The smallest absolute Gasteiger partial charge is 0.0294 e. The zero-order valence-electron chi connectivity index (χ0n) is 6.85. The molecule has 0 aromatic carbocycles. The lowest BCUT2D eigenvalue weighted by molar-refractivity contribution is 0.581. The van der Waals surface area contributed by atoms with Crippen molar-refractivity contribution >= 4 is 27.3 Å². The van der Waals surface area contributed by atoms with Gasteiger partial charge >= 0.3 is 0 Å². The van der Waals surface area contributed by atoms with E-state index in [0.717, 1.165) is 18.2 Å². The lowest BCUT2D eigenvalue weighted by atomic mass is 9.93. The highest BCUT2D eigenvalue weighted by Crippen LogP contribution is 2.30. The van der Waals surface area contributed by atoms with Crippen molar-refractivity contribution in [2.45, 2.75) is 30.6 Å². The van der Waals surface area contributed by atoms with E-state index in [1.54, 1.807) is 4.88 Å². The first-order valence-corrected chi connectivity index (χ1v) is 6.21. The van der Waals surface area contributed by atoms with Crippen molar-refractivity contribution in [3.05, 3.63) is 21.4 Å². The number of halogens is 1. The van der Waals surface area contributed by atoms with E-state index >= 15 is 0 Å². The first-order valence-electron chi connectivity index (χ1n) is 4.21. The number of aryl methyl sites for hydroxylation is 1. The van der Waals surface area contributed by atoms with Crippen LogP contribution in [0.25, 0.3) is 0 Å². The molecule has 1 heterocycles. The number of alkyl halides is 1. The summed E-state index contributed by atoms with van der Waals surface area (Å²) in [6, 6.07) is 0.393. The molecule has 0 aliphatic heterocycles. The van der Waals surface area contributed by atoms with E-state index in [-0.39, 0.29) is 0 Å². The Morgan fingerprint density at radius 1 is 1.67 bits per heavy atom. The Kier molecular flexibility index (Phi) is 2.53. The van der Waals surface area contributed by atoms with Crippen LogP contribution in [0, 0.1) is 0 Å². The second-order valence-electron chi connectivity index (χ2n) is 3.30. The molecule has 1 atom stereocenters. The number of fused-ring (bicyclic) bond motifs is 1. The molecule has 1 aromatic heterocycles. The third kappa shape index (κ3) is 1.45. The molecule has 2 rings (SSSR count). The van der Waals surface area contributed by atoms with Gasteiger partial charge in [-0.15, -0.1) is 11.3 Å². The molecule has 0 fully saturated rings. The van der Waals surface area contributed by atoms with Crippen molar-refractivity contribution in [2.24, 2.45) is 5.73 Å². The van der Waals surface area contributed by atoms with Crippen molar-refractivity contribution in [3.63, 3.8) is 0 Å². The molecule has 0 saturated heterocycles. The monoisotopic (exact) mass is 245 g/mol. The molecule has 1 nitrogen and oxygen atoms in total. The summed E-state index contributed by atoms with van der Waals surface area (Å²) >= 11 is 5.39. The summed E-state index contributed by atoms with van der Waals surface area (Å²) in [5.41, 5.74) is 8.89. The Morgan fingerprint density at radius 3 is 3.25 bits per heavy atom. The first-order chi connectivity index (χ1) is 5.81. The van der Waals surface area contributed by atoms with E-state index in [2.05, 4.69) is 21.3 Å². The van der Waals surface area contributed by atoms with Crippen LogP contribution < -0.4 is 5.73 Å². The van der Waals surface area contributed by atoms with Gasteiger partial charge in [-0.05, 0) is 35.8 Å². The number of nitrogens with two attached hydrogens (primary N) is 1. The van der Waals surface area contributed by atoms with Crippen LogP contribution >= 0.6 is 27.3 Å². The van der Waals surface area contributed by atoms with Crippen molar-refractivity contribution in [3.8, 4) is 0 Å². The Labute approximate surface area is 85.1 Å². The predicted molar refractivity (Wildman–Crippen MR) is 57.0 cm³/mol. The molecule has 12 heavy (non-hydrogen) atoms. The van der Waals surface area contributed by atoms with Crippen molar-refractivity contribution < 1.29 is 0 Å². The minimum Gasteiger partial charge on any atom is -0.327 e. The number of thiophene rings is 1. The van der Waals surface area contributed by atoms with Crippen LogP contribution in [0.3, 0.4) is 0 Å². The fraction of sp³-hybridized carbons (Fsp3) is 0.556. The average molecular weight is 246 g/mol. The van der Waals surface area contributed by atoms with E-state index in [1.165, 1.54) is 17.5 Å². The molecule has 0 spiro atoms. The molecule has 3 heteroatoms. The summed E-state index contributed by atoms with van der Waals surface area (Å²) in [6.07, 6.45) is 3.43. The standard InChI is InChI=1S/C9H12BrNS/c10-4-6-5-12-9-2-1-7(11)3-8(6)9/h5,7H,1-4,11H2. The van der Waals surface area contributed by atoms with Crippen molar-refractivity contribution in [1.82, 2.24) is 0 Å². The lowest BCUT2D eigenvalue weighted by Crippen LogP contribution is -2.27. The van der Waals surface area contributed by atoms with Gasteiger partial charge in [-0.3, -0.25) is 0 Å². The van der Waals surface area contributed by atoms with Gasteiger partial charge in [0.15, 0.2) is 0 Å². The van der Waals surface area contributed by atoms with E-state index in [9.17, 15) is 0 Å². The van der Waals surface area contributed by atoms with Crippen LogP contribution in [-0.2, 0) is 18.2 Å². The molecular weight excluding hydrogens is 234 g/mol. The van der Waals surface area contributed by atoms with Crippen LogP contribution in [0.4, 0.5) is 0 Å². The quantitative estimate of drug-likeness (QED) is 0.757. The molecule has 2 N–H and O–H groups in total. The number of hydrogen-bond acceptors (Lipinski definition) is 2. The fourth-order valence-electron chi connectivity index (χ4n) is 1.71. The van der Waals surface area contributed by atoms with Crippen molar-refractivity contribution in [1.29, 1.82) is 0 Å². The minimum atomic E-state index is 0.393. The van der Waals surface area contributed by atoms with Crippen LogP contribution in [-0.4, -0.2) is 6.04 Å². The summed E-state index contributed by atoms with van der Waals surface area (Å²) in [5.74, 6) is 0. The second kappa shape index (κ2) is 3.48. The molecule has 66 valence electrons.